The van der Waals surface area contributed by atoms with E-state index in [9.17, 15) is 0 Å². The van der Waals surface area contributed by atoms with Crippen LogP contribution in [0.4, 0.5) is 0 Å². The highest BCUT2D eigenvalue weighted by molar-refractivity contribution is 14.1. The maximum Gasteiger partial charge on any atom is 0.122 e. The van der Waals surface area contributed by atoms with Crippen molar-refractivity contribution in [3.8, 4) is 0 Å². The Morgan fingerprint density at radius 2 is 1.04 bits per heavy atom. The lowest BCUT2D eigenvalue weighted by Crippen LogP contribution is -2.38. The van der Waals surface area contributed by atoms with Gasteiger partial charge in [0.15, 0.2) is 0 Å². The summed E-state index contributed by atoms with van der Waals surface area (Å²) in [6, 6.07) is 31.9. The molecule has 4 aromatic rings. The highest BCUT2D eigenvalue weighted by Crippen LogP contribution is 2.41. The van der Waals surface area contributed by atoms with Crippen LogP contribution < -0.4 is 0 Å². The number of aromatic nitrogens is 2. The van der Waals surface area contributed by atoms with Gasteiger partial charge in [-0.25, -0.2) is 4.98 Å². The first-order chi connectivity index (χ1) is 12.3. The van der Waals surface area contributed by atoms with Gasteiger partial charge in [-0.05, 0) is 39.3 Å². The molecule has 0 atom stereocenters. The summed E-state index contributed by atoms with van der Waals surface area (Å²) in [5, 5.41) is 0. The summed E-state index contributed by atoms with van der Waals surface area (Å²) in [5.74, 6) is 0. The highest BCUT2D eigenvalue weighted by Gasteiger charge is 2.39. The maximum atomic E-state index is 4.42. The number of benzene rings is 3. The fourth-order valence-electron chi connectivity index (χ4n) is 3.48. The van der Waals surface area contributed by atoms with Gasteiger partial charge in [0.05, 0.1) is 12.5 Å². The van der Waals surface area contributed by atoms with Crippen LogP contribution in [0, 0.1) is 3.70 Å². The molecule has 0 amide bonds. The standard InChI is InChI=1S/C22H17IN2/c23-21-16-24-17-25(21)22(18-10-4-1-5-11-18,19-12-6-2-7-13-19)20-14-8-3-9-15-20/h1-17H. The van der Waals surface area contributed by atoms with E-state index in [0.29, 0.717) is 0 Å². The van der Waals surface area contributed by atoms with Crippen LogP contribution in [0.15, 0.2) is 104 Å². The molecule has 0 fully saturated rings. The van der Waals surface area contributed by atoms with Crippen molar-refractivity contribution in [2.24, 2.45) is 0 Å². The molecule has 0 saturated carbocycles. The first kappa shape index (κ1) is 16.1. The van der Waals surface area contributed by atoms with E-state index in [2.05, 4.69) is 123 Å². The number of rotatable bonds is 4. The van der Waals surface area contributed by atoms with Crippen molar-refractivity contribution in [2.45, 2.75) is 5.54 Å². The summed E-state index contributed by atoms with van der Waals surface area (Å²) in [6.07, 6.45) is 3.83. The molecule has 122 valence electrons. The highest BCUT2D eigenvalue weighted by atomic mass is 127. The van der Waals surface area contributed by atoms with Gasteiger partial charge in [0.25, 0.3) is 0 Å². The Morgan fingerprint density at radius 3 is 1.36 bits per heavy atom. The van der Waals surface area contributed by atoms with Gasteiger partial charge in [0.1, 0.15) is 9.24 Å². The van der Waals surface area contributed by atoms with Crippen molar-refractivity contribution in [1.82, 2.24) is 9.55 Å². The number of halogens is 1. The van der Waals surface area contributed by atoms with Gasteiger partial charge in [-0.3, -0.25) is 0 Å². The predicted molar refractivity (Wildman–Crippen MR) is 110 cm³/mol. The fourth-order valence-corrected chi connectivity index (χ4v) is 4.13. The first-order valence-electron chi connectivity index (χ1n) is 8.18. The molecule has 1 aromatic heterocycles. The zero-order valence-corrected chi connectivity index (χ0v) is 15.7. The average molecular weight is 436 g/mol. The monoisotopic (exact) mass is 436 g/mol. The molecule has 1 heterocycles. The van der Waals surface area contributed by atoms with Crippen LogP contribution >= 0.6 is 22.6 Å². The second-order valence-corrected chi connectivity index (χ2v) is 7.00. The van der Waals surface area contributed by atoms with Crippen molar-refractivity contribution < 1.29 is 0 Å². The third kappa shape index (κ3) is 2.68. The minimum atomic E-state index is -0.462. The number of hydrogen-bond acceptors (Lipinski definition) is 1. The van der Waals surface area contributed by atoms with Crippen molar-refractivity contribution in [1.29, 1.82) is 0 Å². The van der Waals surface area contributed by atoms with Gasteiger partial charge < -0.3 is 4.57 Å². The minimum Gasteiger partial charge on any atom is -0.307 e. The topological polar surface area (TPSA) is 17.8 Å². The normalized spacial score (nSPS) is 11.4. The molecule has 3 aromatic carbocycles. The summed E-state index contributed by atoms with van der Waals surface area (Å²) >= 11 is 2.36. The van der Waals surface area contributed by atoms with E-state index in [-0.39, 0.29) is 0 Å². The first-order valence-corrected chi connectivity index (χ1v) is 9.26. The Labute approximate surface area is 161 Å². The molecule has 0 aliphatic carbocycles. The molecule has 4 rings (SSSR count). The third-order valence-electron chi connectivity index (χ3n) is 4.53. The van der Waals surface area contributed by atoms with Gasteiger partial charge in [-0.15, -0.1) is 0 Å². The van der Waals surface area contributed by atoms with Crippen LogP contribution in [0.5, 0.6) is 0 Å². The van der Waals surface area contributed by atoms with E-state index < -0.39 is 5.54 Å². The van der Waals surface area contributed by atoms with E-state index in [4.69, 9.17) is 0 Å². The van der Waals surface area contributed by atoms with Crippen LogP contribution in [0.2, 0.25) is 0 Å². The predicted octanol–water partition coefficient (Wildman–Crippen LogP) is 5.33. The lowest BCUT2D eigenvalue weighted by Gasteiger charge is -2.38. The van der Waals surface area contributed by atoms with Crippen molar-refractivity contribution in [3.05, 3.63) is 124 Å². The lowest BCUT2D eigenvalue weighted by atomic mass is 9.77. The molecule has 0 spiro atoms. The smallest absolute Gasteiger partial charge is 0.122 e. The molecule has 3 heteroatoms. The minimum absolute atomic E-state index is 0.462. The molecular weight excluding hydrogens is 419 g/mol. The zero-order valence-electron chi connectivity index (χ0n) is 13.6. The van der Waals surface area contributed by atoms with Crippen LogP contribution in [-0.4, -0.2) is 9.55 Å². The van der Waals surface area contributed by atoms with E-state index in [0.717, 1.165) is 3.70 Å². The second-order valence-electron chi connectivity index (χ2n) is 5.89. The summed E-state index contributed by atoms with van der Waals surface area (Å²) in [5.41, 5.74) is 3.17. The fraction of sp³-hybridized carbons (Fsp3) is 0.0455. The Balaban J connectivity index is 2.15. The summed E-state index contributed by atoms with van der Waals surface area (Å²) < 4.78 is 3.35. The van der Waals surface area contributed by atoms with Crippen molar-refractivity contribution >= 4 is 22.6 Å². The quantitative estimate of drug-likeness (QED) is 0.313. The summed E-state index contributed by atoms with van der Waals surface area (Å²) in [4.78, 5) is 4.42. The number of imidazole rings is 1. The van der Waals surface area contributed by atoms with E-state index in [1.54, 1.807) is 0 Å². The van der Waals surface area contributed by atoms with Gasteiger partial charge in [0.2, 0.25) is 0 Å². The average Bonchev–Trinajstić information content (AvgIpc) is 3.12. The van der Waals surface area contributed by atoms with Gasteiger partial charge in [0, 0.05) is 0 Å². The summed E-state index contributed by atoms with van der Waals surface area (Å²) in [6.45, 7) is 0. The lowest BCUT2D eigenvalue weighted by molar-refractivity contribution is 0.505. The number of nitrogens with zero attached hydrogens (tertiary/aromatic N) is 2. The molecular formula is C22H17IN2. The van der Waals surface area contributed by atoms with E-state index in [1.807, 2.05) is 12.5 Å². The van der Waals surface area contributed by atoms with E-state index in [1.165, 1.54) is 16.7 Å². The Hall–Kier alpha value is -2.40. The molecule has 0 aliphatic heterocycles. The Bertz CT molecular complexity index is 850. The Morgan fingerprint density at radius 1 is 0.640 bits per heavy atom. The van der Waals surface area contributed by atoms with Gasteiger partial charge >= 0.3 is 0 Å². The molecule has 0 unspecified atom stereocenters. The van der Waals surface area contributed by atoms with Gasteiger partial charge in [-0.2, -0.15) is 0 Å². The SMILES string of the molecule is Ic1cncn1C(c1ccccc1)(c1ccccc1)c1ccccc1. The maximum absolute atomic E-state index is 4.42. The van der Waals surface area contributed by atoms with Crippen LogP contribution in [0.1, 0.15) is 16.7 Å². The van der Waals surface area contributed by atoms with Crippen LogP contribution in [0.3, 0.4) is 0 Å². The van der Waals surface area contributed by atoms with Crippen molar-refractivity contribution in [3.63, 3.8) is 0 Å². The molecule has 25 heavy (non-hydrogen) atoms. The zero-order chi connectivity index (χ0) is 17.1. The Kier molecular flexibility index (Phi) is 4.40. The van der Waals surface area contributed by atoms with Crippen LogP contribution in [-0.2, 0) is 5.54 Å². The molecule has 0 saturated heterocycles. The van der Waals surface area contributed by atoms with E-state index >= 15 is 0 Å². The van der Waals surface area contributed by atoms with Gasteiger partial charge in [-0.1, -0.05) is 91.0 Å². The molecule has 0 aliphatic rings. The van der Waals surface area contributed by atoms with Crippen molar-refractivity contribution in [2.75, 3.05) is 0 Å². The largest absolute Gasteiger partial charge is 0.307 e. The third-order valence-corrected chi connectivity index (χ3v) is 5.33. The number of hydrogen-bond donors (Lipinski definition) is 0. The molecule has 2 nitrogen and oxygen atoms in total. The molecule has 0 radical (unpaired) electrons. The summed E-state index contributed by atoms with van der Waals surface area (Å²) in [7, 11) is 0. The van der Waals surface area contributed by atoms with Crippen LogP contribution in [0.25, 0.3) is 0 Å². The second kappa shape index (κ2) is 6.84. The molecule has 0 N–H and O–H groups in total. The molecule has 0 bridgehead atoms.